The molecule has 1 aromatic rings. The van der Waals surface area contributed by atoms with Crippen LogP contribution in [-0.2, 0) is 11.8 Å². The van der Waals surface area contributed by atoms with Crippen LogP contribution in [-0.4, -0.2) is 45.8 Å². The average molecular weight is 310 g/mol. The van der Waals surface area contributed by atoms with Crippen LogP contribution in [0.1, 0.15) is 52.9 Å². The fourth-order valence-corrected chi connectivity index (χ4v) is 2.18. The van der Waals surface area contributed by atoms with Gasteiger partial charge >= 0.3 is 6.09 Å². The Balaban J connectivity index is 2.33. The number of rotatable bonds is 7. The highest BCUT2D eigenvalue weighted by atomic mass is 16.6. The summed E-state index contributed by atoms with van der Waals surface area (Å²) in [4.78, 5) is 18.1. The highest BCUT2D eigenvalue weighted by Gasteiger charge is 2.20. The SMILES string of the molecule is CCN(CCCNC(C)c1nccn1C)C(=O)OC(C)(C)C. The number of carbonyl (C=O) groups is 1. The van der Waals surface area contributed by atoms with Crippen molar-refractivity contribution in [1.29, 1.82) is 0 Å². The Bertz CT molecular complexity index is 465. The quantitative estimate of drug-likeness (QED) is 0.787. The molecule has 1 amide bonds. The van der Waals surface area contributed by atoms with Gasteiger partial charge in [-0.05, 0) is 47.6 Å². The Kier molecular flexibility index (Phi) is 6.87. The third-order valence-electron chi connectivity index (χ3n) is 3.33. The number of hydrogen-bond donors (Lipinski definition) is 1. The van der Waals surface area contributed by atoms with Crippen molar-refractivity contribution in [3.8, 4) is 0 Å². The molecule has 0 aromatic carbocycles. The normalized spacial score (nSPS) is 13.0. The first kappa shape index (κ1) is 18.5. The maximum Gasteiger partial charge on any atom is 0.410 e. The van der Waals surface area contributed by atoms with Gasteiger partial charge in [0, 0.05) is 32.5 Å². The van der Waals surface area contributed by atoms with E-state index in [0.29, 0.717) is 13.1 Å². The van der Waals surface area contributed by atoms with E-state index in [0.717, 1.165) is 18.8 Å². The number of carbonyl (C=O) groups excluding carboxylic acids is 1. The van der Waals surface area contributed by atoms with Crippen molar-refractivity contribution in [2.24, 2.45) is 7.05 Å². The van der Waals surface area contributed by atoms with E-state index in [2.05, 4.69) is 17.2 Å². The summed E-state index contributed by atoms with van der Waals surface area (Å²) in [5.41, 5.74) is -0.449. The lowest BCUT2D eigenvalue weighted by Crippen LogP contribution is -2.38. The van der Waals surface area contributed by atoms with Gasteiger partial charge in [0.2, 0.25) is 0 Å². The molecule has 6 heteroatoms. The zero-order valence-corrected chi connectivity index (χ0v) is 14.7. The molecule has 1 atom stereocenters. The van der Waals surface area contributed by atoms with Gasteiger partial charge in [0.15, 0.2) is 0 Å². The molecule has 1 N–H and O–H groups in total. The molecule has 126 valence electrons. The monoisotopic (exact) mass is 310 g/mol. The molecule has 1 unspecified atom stereocenters. The third-order valence-corrected chi connectivity index (χ3v) is 3.33. The van der Waals surface area contributed by atoms with Gasteiger partial charge in [-0.15, -0.1) is 0 Å². The highest BCUT2D eigenvalue weighted by molar-refractivity contribution is 5.68. The van der Waals surface area contributed by atoms with Crippen molar-refractivity contribution < 1.29 is 9.53 Å². The number of ether oxygens (including phenoxy) is 1. The topological polar surface area (TPSA) is 59.4 Å². The first-order valence-corrected chi connectivity index (χ1v) is 7.93. The molecule has 1 heterocycles. The summed E-state index contributed by atoms with van der Waals surface area (Å²) in [6.07, 6.45) is 4.37. The van der Waals surface area contributed by atoms with Crippen LogP contribution in [0.2, 0.25) is 0 Å². The molecule has 1 aromatic heterocycles. The Morgan fingerprint density at radius 2 is 2.18 bits per heavy atom. The lowest BCUT2D eigenvalue weighted by atomic mass is 10.2. The second kappa shape index (κ2) is 8.17. The Morgan fingerprint density at radius 3 is 2.68 bits per heavy atom. The van der Waals surface area contributed by atoms with Crippen LogP contribution in [0.5, 0.6) is 0 Å². The first-order chi connectivity index (χ1) is 10.2. The van der Waals surface area contributed by atoms with Gasteiger partial charge in [-0.25, -0.2) is 9.78 Å². The van der Waals surface area contributed by atoms with Crippen LogP contribution in [0.15, 0.2) is 12.4 Å². The Hall–Kier alpha value is -1.56. The van der Waals surface area contributed by atoms with Crippen molar-refractivity contribution in [1.82, 2.24) is 19.8 Å². The summed E-state index contributed by atoms with van der Waals surface area (Å²) in [6.45, 7) is 11.9. The van der Waals surface area contributed by atoms with E-state index in [-0.39, 0.29) is 12.1 Å². The van der Waals surface area contributed by atoms with E-state index in [1.807, 2.05) is 45.5 Å². The largest absolute Gasteiger partial charge is 0.444 e. The molecule has 1 rings (SSSR count). The van der Waals surface area contributed by atoms with Crippen LogP contribution < -0.4 is 5.32 Å². The predicted molar refractivity (Wildman–Crippen MR) is 87.7 cm³/mol. The standard InChI is InChI=1S/C16H30N4O2/c1-7-20(15(21)22-16(3,4)5)11-8-9-17-13(2)14-18-10-12-19(14)6/h10,12-13,17H,7-9,11H2,1-6H3. The smallest absolute Gasteiger partial charge is 0.410 e. The van der Waals surface area contributed by atoms with E-state index in [9.17, 15) is 4.79 Å². The molecule has 0 saturated heterocycles. The van der Waals surface area contributed by atoms with E-state index in [1.54, 1.807) is 11.1 Å². The van der Waals surface area contributed by atoms with Crippen molar-refractivity contribution in [2.45, 2.75) is 52.7 Å². The molecule has 6 nitrogen and oxygen atoms in total. The fraction of sp³-hybridized carbons (Fsp3) is 0.750. The molecule has 0 radical (unpaired) electrons. The lowest BCUT2D eigenvalue weighted by molar-refractivity contribution is 0.0258. The van der Waals surface area contributed by atoms with Crippen LogP contribution in [0.4, 0.5) is 4.79 Å². The predicted octanol–water partition coefficient (Wildman–Crippen LogP) is 2.72. The number of amides is 1. The van der Waals surface area contributed by atoms with Gasteiger partial charge < -0.3 is 19.5 Å². The molecule has 0 aliphatic heterocycles. The maximum atomic E-state index is 12.0. The van der Waals surface area contributed by atoms with E-state index in [4.69, 9.17) is 4.74 Å². The summed E-state index contributed by atoms with van der Waals surface area (Å²) in [7, 11) is 1.99. The van der Waals surface area contributed by atoms with Gasteiger partial charge in [-0.1, -0.05) is 0 Å². The average Bonchev–Trinajstić information content (AvgIpc) is 2.82. The van der Waals surface area contributed by atoms with Crippen LogP contribution in [0.25, 0.3) is 0 Å². The molecule has 0 aliphatic carbocycles. The third kappa shape index (κ3) is 6.05. The second-order valence-electron chi connectivity index (χ2n) is 6.49. The number of aromatic nitrogens is 2. The summed E-state index contributed by atoms with van der Waals surface area (Å²) >= 11 is 0. The van der Waals surface area contributed by atoms with Crippen LogP contribution in [0.3, 0.4) is 0 Å². The van der Waals surface area contributed by atoms with Gasteiger partial charge in [0.05, 0.1) is 6.04 Å². The molecule has 0 saturated carbocycles. The van der Waals surface area contributed by atoms with Crippen LogP contribution in [0, 0.1) is 0 Å². The van der Waals surface area contributed by atoms with E-state index < -0.39 is 5.60 Å². The molecule has 0 bridgehead atoms. The number of nitrogens with one attached hydrogen (secondary N) is 1. The summed E-state index contributed by atoms with van der Waals surface area (Å²) in [6, 6.07) is 0.191. The molecule has 0 fully saturated rings. The van der Waals surface area contributed by atoms with Gasteiger partial charge in [-0.2, -0.15) is 0 Å². The Morgan fingerprint density at radius 1 is 1.50 bits per heavy atom. The molecular weight excluding hydrogens is 280 g/mol. The summed E-state index contributed by atoms with van der Waals surface area (Å²) < 4.78 is 7.41. The van der Waals surface area contributed by atoms with Crippen molar-refractivity contribution in [3.05, 3.63) is 18.2 Å². The van der Waals surface area contributed by atoms with E-state index >= 15 is 0 Å². The van der Waals surface area contributed by atoms with Gasteiger partial charge in [0.1, 0.15) is 11.4 Å². The molecular formula is C16H30N4O2. The van der Waals surface area contributed by atoms with Crippen molar-refractivity contribution in [2.75, 3.05) is 19.6 Å². The number of aryl methyl sites for hydroxylation is 1. The number of nitrogens with zero attached hydrogens (tertiary/aromatic N) is 3. The minimum absolute atomic E-state index is 0.191. The minimum atomic E-state index is -0.449. The van der Waals surface area contributed by atoms with Crippen LogP contribution >= 0.6 is 0 Å². The zero-order chi connectivity index (χ0) is 16.8. The van der Waals surface area contributed by atoms with Crippen molar-refractivity contribution >= 4 is 6.09 Å². The summed E-state index contributed by atoms with van der Waals surface area (Å²) in [5, 5.41) is 3.43. The highest BCUT2D eigenvalue weighted by Crippen LogP contribution is 2.11. The lowest BCUT2D eigenvalue weighted by Gasteiger charge is -2.26. The molecule has 0 aliphatic rings. The fourth-order valence-electron chi connectivity index (χ4n) is 2.18. The van der Waals surface area contributed by atoms with Gasteiger partial charge in [-0.3, -0.25) is 0 Å². The maximum absolute atomic E-state index is 12.0. The Labute approximate surface area is 133 Å². The van der Waals surface area contributed by atoms with Gasteiger partial charge in [0.25, 0.3) is 0 Å². The number of hydrogen-bond acceptors (Lipinski definition) is 4. The summed E-state index contributed by atoms with van der Waals surface area (Å²) in [5.74, 6) is 1.01. The number of imidazole rings is 1. The first-order valence-electron chi connectivity index (χ1n) is 7.93. The second-order valence-corrected chi connectivity index (χ2v) is 6.49. The molecule has 22 heavy (non-hydrogen) atoms. The molecule has 0 spiro atoms. The zero-order valence-electron chi connectivity index (χ0n) is 14.7. The van der Waals surface area contributed by atoms with Crippen molar-refractivity contribution in [3.63, 3.8) is 0 Å². The van der Waals surface area contributed by atoms with E-state index in [1.165, 1.54) is 0 Å². The minimum Gasteiger partial charge on any atom is -0.444 e.